The average Bonchev–Trinajstić information content (AvgIpc) is 3.37. The van der Waals surface area contributed by atoms with Gasteiger partial charge in [0.1, 0.15) is 0 Å². The fourth-order valence-electron chi connectivity index (χ4n) is 2.57. The summed E-state index contributed by atoms with van der Waals surface area (Å²) in [5, 5.41) is 10.2. The monoisotopic (exact) mass is 394 g/mol. The Morgan fingerprint density at radius 2 is 1.81 bits per heavy atom. The lowest BCUT2D eigenvalue weighted by atomic mass is 10.2. The lowest BCUT2D eigenvalue weighted by Crippen LogP contribution is -2.16. The molecule has 2 heterocycles. The first-order chi connectivity index (χ1) is 13.2. The highest BCUT2D eigenvalue weighted by Gasteiger charge is 2.19. The summed E-state index contributed by atoms with van der Waals surface area (Å²) in [7, 11) is 0. The maximum atomic E-state index is 12.8. The number of carbonyl (C=O) groups excluding carboxylic acids is 1. The summed E-state index contributed by atoms with van der Waals surface area (Å²) in [5.41, 5.74) is 1.88. The number of hydrogen-bond acceptors (Lipinski definition) is 5. The van der Waals surface area contributed by atoms with E-state index in [2.05, 4.69) is 15.4 Å². The number of hydrogen-bond donors (Lipinski definition) is 1. The Bertz CT molecular complexity index is 1040. The molecule has 4 rings (SSSR count). The molecule has 0 atom stereocenters. The molecule has 0 fully saturated rings. The van der Waals surface area contributed by atoms with Crippen LogP contribution in [0, 0.1) is 0 Å². The third kappa shape index (κ3) is 3.92. The third-order valence-electron chi connectivity index (χ3n) is 3.93. The van der Waals surface area contributed by atoms with Gasteiger partial charge in [-0.15, -0.1) is 16.4 Å². The second-order valence-corrected chi connectivity index (χ2v) is 7.18. The summed E-state index contributed by atoms with van der Waals surface area (Å²) in [5.74, 6) is 0.655. The van der Waals surface area contributed by atoms with Crippen molar-refractivity contribution in [1.29, 1.82) is 0 Å². The molecule has 7 heteroatoms. The van der Waals surface area contributed by atoms with E-state index in [1.54, 1.807) is 18.2 Å². The molecule has 0 aliphatic heterocycles. The smallest absolute Gasteiger partial charge is 0.291 e. The van der Waals surface area contributed by atoms with Crippen LogP contribution in [0.2, 0.25) is 5.02 Å². The average molecular weight is 395 g/mol. The maximum Gasteiger partial charge on any atom is 0.291 e. The van der Waals surface area contributed by atoms with Crippen molar-refractivity contribution in [3.63, 3.8) is 0 Å². The number of halogens is 1. The summed E-state index contributed by atoms with van der Waals surface area (Å²) in [4.78, 5) is 18.0. The van der Waals surface area contributed by atoms with Gasteiger partial charge in [0.05, 0.1) is 4.88 Å². The maximum absolute atomic E-state index is 12.8. The van der Waals surface area contributed by atoms with E-state index in [-0.39, 0.29) is 5.91 Å². The van der Waals surface area contributed by atoms with Crippen molar-refractivity contribution >= 4 is 34.8 Å². The minimum Gasteiger partial charge on any atom is -0.350 e. The van der Waals surface area contributed by atoms with E-state index in [9.17, 15) is 4.79 Å². The highest BCUT2D eigenvalue weighted by Crippen LogP contribution is 2.22. The number of benzene rings is 2. The van der Waals surface area contributed by atoms with Gasteiger partial charge in [0.2, 0.25) is 5.95 Å². The molecule has 0 saturated heterocycles. The molecule has 0 amide bonds. The van der Waals surface area contributed by atoms with Gasteiger partial charge in [0.15, 0.2) is 5.82 Å². The SMILES string of the molecule is O=C(c1cccs1)n1nc(-c2ccc(Cl)cc2)nc1NCc1ccccc1. The van der Waals surface area contributed by atoms with E-state index in [0.717, 1.165) is 11.1 Å². The van der Waals surface area contributed by atoms with E-state index in [0.29, 0.717) is 28.2 Å². The Morgan fingerprint density at radius 3 is 2.52 bits per heavy atom. The first kappa shape index (κ1) is 17.5. The number of nitrogens with zero attached hydrogens (tertiary/aromatic N) is 3. The Balaban J connectivity index is 1.68. The van der Waals surface area contributed by atoms with Crippen LogP contribution in [0.15, 0.2) is 72.1 Å². The molecule has 0 aliphatic rings. The lowest BCUT2D eigenvalue weighted by Gasteiger charge is -2.06. The largest absolute Gasteiger partial charge is 0.350 e. The molecule has 0 spiro atoms. The summed E-state index contributed by atoms with van der Waals surface area (Å²) in [6, 6.07) is 20.7. The number of anilines is 1. The van der Waals surface area contributed by atoms with Crippen LogP contribution in [0.1, 0.15) is 15.2 Å². The van der Waals surface area contributed by atoms with Crippen LogP contribution in [0.25, 0.3) is 11.4 Å². The molecule has 27 heavy (non-hydrogen) atoms. The molecule has 1 N–H and O–H groups in total. The summed E-state index contributed by atoms with van der Waals surface area (Å²) in [6.45, 7) is 0.539. The molecule has 0 bridgehead atoms. The predicted octanol–water partition coefficient (Wildman–Crippen LogP) is 4.96. The number of rotatable bonds is 5. The Kier molecular flexibility index (Phi) is 5.00. The van der Waals surface area contributed by atoms with Gasteiger partial charge in [-0.05, 0) is 41.3 Å². The van der Waals surface area contributed by atoms with Crippen LogP contribution in [0.5, 0.6) is 0 Å². The fourth-order valence-corrected chi connectivity index (χ4v) is 3.35. The summed E-state index contributed by atoms with van der Waals surface area (Å²) < 4.78 is 1.32. The van der Waals surface area contributed by atoms with Gasteiger partial charge >= 0.3 is 0 Å². The second-order valence-electron chi connectivity index (χ2n) is 5.80. The molecule has 5 nitrogen and oxygen atoms in total. The zero-order chi connectivity index (χ0) is 18.6. The fraction of sp³-hybridized carbons (Fsp3) is 0.0500. The Labute approximate surface area is 165 Å². The van der Waals surface area contributed by atoms with E-state index in [1.807, 2.05) is 53.9 Å². The van der Waals surface area contributed by atoms with Crippen LogP contribution < -0.4 is 5.32 Å². The molecule has 0 saturated carbocycles. The van der Waals surface area contributed by atoms with Crippen LogP contribution in [0.3, 0.4) is 0 Å². The van der Waals surface area contributed by atoms with Gasteiger partial charge in [-0.3, -0.25) is 4.79 Å². The zero-order valence-electron chi connectivity index (χ0n) is 14.2. The van der Waals surface area contributed by atoms with Crippen LogP contribution in [0.4, 0.5) is 5.95 Å². The molecule has 2 aromatic carbocycles. The number of thiophene rings is 1. The minimum absolute atomic E-state index is 0.215. The Morgan fingerprint density at radius 1 is 1.04 bits per heavy atom. The van der Waals surface area contributed by atoms with E-state index >= 15 is 0 Å². The first-order valence-corrected chi connectivity index (χ1v) is 9.55. The molecular formula is C20H15ClN4OS. The van der Waals surface area contributed by atoms with Crippen LogP contribution in [-0.2, 0) is 6.54 Å². The van der Waals surface area contributed by atoms with Crippen molar-refractivity contribution in [2.24, 2.45) is 0 Å². The first-order valence-electron chi connectivity index (χ1n) is 8.30. The number of nitrogens with one attached hydrogen (secondary N) is 1. The van der Waals surface area contributed by atoms with Crippen molar-refractivity contribution in [2.45, 2.75) is 6.54 Å². The standard InChI is InChI=1S/C20H15ClN4OS/c21-16-10-8-15(9-11-16)18-23-20(22-13-14-5-2-1-3-6-14)25(24-18)19(26)17-7-4-12-27-17/h1-12H,13H2,(H,22,23,24). The predicted molar refractivity (Wildman–Crippen MR) is 108 cm³/mol. The van der Waals surface area contributed by atoms with Crippen molar-refractivity contribution in [1.82, 2.24) is 14.8 Å². The molecule has 4 aromatic rings. The third-order valence-corrected chi connectivity index (χ3v) is 5.04. The topological polar surface area (TPSA) is 59.8 Å². The molecular weight excluding hydrogens is 380 g/mol. The van der Waals surface area contributed by atoms with Gasteiger partial charge in [-0.1, -0.05) is 48.0 Å². The van der Waals surface area contributed by atoms with Gasteiger partial charge in [-0.2, -0.15) is 9.67 Å². The zero-order valence-corrected chi connectivity index (χ0v) is 15.7. The molecule has 2 aromatic heterocycles. The molecule has 0 unspecified atom stereocenters. The van der Waals surface area contributed by atoms with Crippen molar-refractivity contribution < 1.29 is 4.79 Å². The molecule has 0 aliphatic carbocycles. The number of carbonyl (C=O) groups is 1. The lowest BCUT2D eigenvalue weighted by molar-refractivity contribution is 0.0951. The second kappa shape index (κ2) is 7.73. The normalized spacial score (nSPS) is 10.7. The van der Waals surface area contributed by atoms with Crippen molar-refractivity contribution in [2.75, 3.05) is 5.32 Å². The van der Waals surface area contributed by atoms with E-state index < -0.39 is 0 Å². The van der Waals surface area contributed by atoms with Gasteiger partial charge < -0.3 is 5.32 Å². The van der Waals surface area contributed by atoms with Crippen molar-refractivity contribution in [3.8, 4) is 11.4 Å². The summed E-state index contributed by atoms with van der Waals surface area (Å²) in [6.07, 6.45) is 0. The molecule has 0 radical (unpaired) electrons. The highest BCUT2D eigenvalue weighted by atomic mass is 35.5. The number of aromatic nitrogens is 3. The van der Waals surface area contributed by atoms with E-state index in [1.165, 1.54) is 16.0 Å². The minimum atomic E-state index is -0.215. The van der Waals surface area contributed by atoms with Crippen LogP contribution in [-0.4, -0.2) is 20.7 Å². The van der Waals surface area contributed by atoms with Gasteiger partial charge in [0, 0.05) is 17.1 Å². The molecule has 134 valence electrons. The van der Waals surface area contributed by atoms with Gasteiger partial charge in [0.25, 0.3) is 5.91 Å². The van der Waals surface area contributed by atoms with Crippen molar-refractivity contribution in [3.05, 3.63) is 87.6 Å². The Hall–Kier alpha value is -2.96. The summed E-state index contributed by atoms with van der Waals surface area (Å²) >= 11 is 7.33. The van der Waals surface area contributed by atoms with Gasteiger partial charge in [-0.25, -0.2) is 0 Å². The van der Waals surface area contributed by atoms with Crippen LogP contribution >= 0.6 is 22.9 Å². The van der Waals surface area contributed by atoms with E-state index in [4.69, 9.17) is 11.6 Å². The highest BCUT2D eigenvalue weighted by molar-refractivity contribution is 7.12. The quantitative estimate of drug-likeness (QED) is 0.519.